The molecule has 0 saturated heterocycles. The minimum atomic E-state index is -0.188. The molecule has 0 spiro atoms. The van der Waals surface area contributed by atoms with Crippen LogP contribution in [0.4, 0.5) is 4.39 Å². The van der Waals surface area contributed by atoms with E-state index in [0.29, 0.717) is 5.56 Å². The van der Waals surface area contributed by atoms with Crippen LogP contribution in [-0.4, -0.2) is 27.8 Å². The number of aryl methyl sites for hydroxylation is 1. The highest BCUT2D eigenvalue weighted by Gasteiger charge is 2.27. The summed E-state index contributed by atoms with van der Waals surface area (Å²) in [4.78, 5) is 2.10. The van der Waals surface area contributed by atoms with E-state index in [9.17, 15) is 4.39 Å². The van der Waals surface area contributed by atoms with E-state index in [1.165, 1.54) is 6.07 Å². The second kappa shape index (κ2) is 6.37. The minimum absolute atomic E-state index is 0.0201. The number of nitrogens with two attached hydrogens (primary N) is 1. The van der Waals surface area contributed by atoms with Crippen LogP contribution >= 0.6 is 0 Å². The Labute approximate surface area is 125 Å². The second-order valence-electron chi connectivity index (χ2n) is 5.61. The van der Waals surface area contributed by atoms with E-state index >= 15 is 0 Å². The number of rotatable bonds is 5. The Morgan fingerprint density at radius 2 is 1.95 bits per heavy atom. The lowest BCUT2D eigenvalue weighted by Gasteiger charge is -2.35. The number of nitrogens with zero attached hydrogens (tertiary/aromatic N) is 3. The molecular formula is C16H23FN4. The molecule has 4 nitrogen and oxygen atoms in total. The van der Waals surface area contributed by atoms with Gasteiger partial charge in [-0.3, -0.25) is 9.58 Å². The number of aromatic nitrogens is 2. The quantitative estimate of drug-likeness (QED) is 0.921. The number of hydrogen-bond acceptors (Lipinski definition) is 3. The van der Waals surface area contributed by atoms with Crippen molar-refractivity contribution in [3.05, 3.63) is 53.6 Å². The summed E-state index contributed by atoms with van der Waals surface area (Å²) in [6, 6.07) is 6.68. The van der Waals surface area contributed by atoms with Gasteiger partial charge in [-0.1, -0.05) is 18.2 Å². The van der Waals surface area contributed by atoms with Crippen molar-refractivity contribution in [2.45, 2.75) is 32.0 Å². The minimum Gasteiger partial charge on any atom is -0.326 e. The lowest BCUT2D eigenvalue weighted by Crippen LogP contribution is -2.38. The maximum Gasteiger partial charge on any atom is 0.127 e. The van der Waals surface area contributed by atoms with Gasteiger partial charge in [0, 0.05) is 36.5 Å². The van der Waals surface area contributed by atoms with E-state index in [1.807, 2.05) is 52.5 Å². The fraction of sp³-hybridized carbons (Fsp3) is 0.438. The van der Waals surface area contributed by atoms with Crippen LogP contribution in [0, 0.1) is 5.82 Å². The zero-order valence-electron chi connectivity index (χ0n) is 13.0. The lowest BCUT2D eigenvalue weighted by atomic mass is 9.98. The molecule has 1 aromatic carbocycles. The van der Waals surface area contributed by atoms with Crippen LogP contribution in [0.3, 0.4) is 0 Å². The molecule has 2 rings (SSSR count). The number of likely N-dealkylation sites (N-methyl/N-ethyl adjacent to an activating group) is 1. The Balaban J connectivity index is 2.31. The fourth-order valence-electron chi connectivity index (χ4n) is 2.78. The SMILES string of the molecule is CC(N)C(c1cnn(C)c1)N(C)C(C)c1ccccc1F. The summed E-state index contributed by atoms with van der Waals surface area (Å²) in [6.45, 7) is 3.95. The van der Waals surface area contributed by atoms with E-state index in [-0.39, 0.29) is 23.9 Å². The van der Waals surface area contributed by atoms with Gasteiger partial charge < -0.3 is 5.73 Å². The molecule has 0 saturated carbocycles. The van der Waals surface area contributed by atoms with Gasteiger partial charge in [-0.2, -0.15) is 5.10 Å². The van der Waals surface area contributed by atoms with E-state index in [4.69, 9.17) is 5.73 Å². The summed E-state index contributed by atoms with van der Waals surface area (Å²) in [7, 11) is 3.85. The van der Waals surface area contributed by atoms with Crippen molar-refractivity contribution in [2.24, 2.45) is 12.8 Å². The third-order valence-electron chi connectivity index (χ3n) is 3.97. The predicted molar refractivity (Wildman–Crippen MR) is 82.2 cm³/mol. The van der Waals surface area contributed by atoms with Crippen molar-refractivity contribution >= 4 is 0 Å². The first-order valence-corrected chi connectivity index (χ1v) is 7.12. The molecule has 0 amide bonds. The molecule has 0 bridgehead atoms. The summed E-state index contributed by atoms with van der Waals surface area (Å²) in [6.07, 6.45) is 3.77. The average Bonchev–Trinajstić information content (AvgIpc) is 2.84. The molecule has 2 N–H and O–H groups in total. The fourth-order valence-corrected chi connectivity index (χ4v) is 2.78. The van der Waals surface area contributed by atoms with Gasteiger partial charge in [0.05, 0.1) is 12.2 Å². The predicted octanol–water partition coefficient (Wildman–Crippen LogP) is 2.64. The molecule has 0 aliphatic rings. The van der Waals surface area contributed by atoms with E-state index in [2.05, 4.69) is 10.00 Å². The smallest absolute Gasteiger partial charge is 0.127 e. The molecule has 0 radical (unpaired) electrons. The Morgan fingerprint density at radius 3 is 2.48 bits per heavy atom. The molecule has 3 unspecified atom stereocenters. The summed E-state index contributed by atoms with van der Waals surface area (Å²) in [5.74, 6) is -0.188. The molecule has 1 heterocycles. The highest BCUT2D eigenvalue weighted by atomic mass is 19.1. The van der Waals surface area contributed by atoms with Crippen LogP contribution < -0.4 is 5.73 Å². The second-order valence-corrected chi connectivity index (χ2v) is 5.61. The van der Waals surface area contributed by atoms with E-state index in [1.54, 1.807) is 10.7 Å². The summed E-state index contributed by atoms with van der Waals surface area (Å²) < 4.78 is 15.8. The molecule has 1 aromatic heterocycles. The van der Waals surface area contributed by atoms with Gasteiger partial charge in [-0.05, 0) is 27.0 Å². The number of hydrogen-bond donors (Lipinski definition) is 1. The Kier molecular flexibility index (Phi) is 4.75. The highest BCUT2D eigenvalue weighted by molar-refractivity contribution is 5.22. The van der Waals surface area contributed by atoms with Crippen LogP contribution in [0.5, 0.6) is 0 Å². The lowest BCUT2D eigenvalue weighted by molar-refractivity contribution is 0.163. The highest BCUT2D eigenvalue weighted by Crippen LogP contribution is 2.31. The van der Waals surface area contributed by atoms with Crippen LogP contribution in [0.15, 0.2) is 36.7 Å². The van der Waals surface area contributed by atoms with Gasteiger partial charge in [0.2, 0.25) is 0 Å². The molecule has 0 fully saturated rings. The zero-order chi connectivity index (χ0) is 15.6. The largest absolute Gasteiger partial charge is 0.326 e. The Hall–Kier alpha value is -1.72. The van der Waals surface area contributed by atoms with Crippen molar-refractivity contribution in [3.63, 3.8) is 0 Å². The summed E-state index contributed by atoms with van der Waals surface area (Å²) in [5, 5.41) is 4.21. The first-order valence-electron chi connectivity index (χ1n) is 7.12. The molecule has 0 aliphatic carbocycles. The molecule has 5 heteroatoms. The maximum absolute atomic E-state index is 14.0. The van der Waals surface area contributed by atoms with Gasteiger partial charge in [-0.25, -0.2) is 4.39 Å². The van der Waals surface area contributed by atoms with Gasteiger partial charge >= 0.3 is 0 Å². The van der Waals surface area contributed by atoms with Gasteiger partial charge in [0.15, 0.2) is 0 Å². The summed E-state index contributed by atoms with van der Waals surface area (Å²) >= 11 is 0. The molecule has 2 aromatic rings. The Morgan fingerprint density at radius 1 is 1.29 bits per heavy atom. The van der Waals surface area contributed by atoms with Crippen LogP contribution in [0.2, 0.25) is 0 Å². The van der Waals surface area contributed by atoms with E-state index in [0.717, 1.165) is 5.56 Å². The first-order chi connectivity index (χ1) is 9.91. The third kappa shape index (κ3) is 3.31. The number of halogens is 1. The topological polar surface area (TPSA) is 47.1 Å². The molecule has 114 valence electrons. The monoisotopic (exact) mass is 290 g/mol. The standard InChI is InChI=1S/C16H23FN4/c1-11(18)16(13-9-19-20(3)10-13)21(4)12(2)14-7-5-6-8-15(14)17/h5-12,16H,18H2,1-4H3. The van der Waals surface area contributed by atoms with Gasteiger partial charge in [-0.15, -0.1) is 0 Å². The number of benzene rings is 1. The van der Waals surface area contributed by atoms with Crippen molar-refractivity contribution in [3.8, 4) is 0 Å². The molecule has 3 atom stereocenters. The normalized spacial score (nSPS) is 16.0. The summed E-state index contributed by atoms with van der Waals surface area (Å²) in [5.41, 5.74) is 7.88. The Bertz CT molecular complexity index is 593. The van der Waals surface area contributed by atoms with Gasteiger partial charge in [0.1, 0.15) is 5.82 Å². The van der Waals surface area contributed by atoms with Crippen molar-refractivity contribution in [1.82, 2.24) is 14.7 Å². The average molecular weight is 290 g/mol. The molecule has 0 aliphatic heterocycles. The van der Waals surface area contributed by atoms with Crippen molar-refractivity contribution in [1.29, 1.82) is 0 Å². The first kappa shape index (κ1) is 15.7. The van der Waals surface area contributed by atoms with Crippen molar-refractivity contribution in [2.75, 3.05) is 7.05 Å². The van der Waals surface area contributed by atoms with Crippen LogP contribution in [-0.2, 0) is 7.05 Å². The molecular weight excluding hydrogens is 267 g/mol. The van der Waals surface area contributed by atoms with Crippen LogP contribution in [0.1, 0.15) is 37.1 Å². The zero-order valence-corrected chi connectivity index (χ0v) is 13.0. The van der Waals surface area contributed by atoms with Gasteiger partial charge in [0.25, 0.3) is 0 Å². The van der Waals surface area contributed by atoms with E-state index < -0.39 is 0 Å². The molecule has 21 heavy (non-hydrogen) atoms. The third-order valence-corrected chi connectivity index (χ3v) is 3.97. The maximum atomic E-state index is 14.0. The van der Waals surface area contributed by atoms with Crippen molar-refractivity contribution < 1.29 is 4.39 Å². The van der Waals surface area contributed by atoms with Crippen LogP contribution in [0.25, 0.3) is 0 Å².